The molecule has 0 unspecified atom stereocenters. The number of aromatic nitrogens is 1. The highest BCUT2D eigenvalue weighted by Crippen LogP contribution is 2.30. The number of benzene rings is 2. The Balaban J connectivity index is 1.40. The van der Waals surface area contributed by atoms with Gasteiger partial charge in [-0.05, 0) is 30.3 Å². The van der Waals surface area contributed by atoms with Crippen molar-refractivity contribution in [1.29, 1.82) is 0 Å². The molecular formula is C19H18FN3O3S2. The molecule has 146 valence electrons. The van der Waals surface area contributed by atoms with Gasteiger partial charge >= 0.3 is 0 Å². The number of nitrogens with zero attached hydrogens (tertiary/aromatic N) is 3. The van der Waals surface area contributed by atoms with E-state index in [4.69, 9.17) is 0 Å². The van der Waals surface area contributed by atoms with Gasteiger partial charge in [-0.1, -0.05) is 29.5 Å². The number of thiazole rings is 1. The Morgan fingerprint density at radius 2 is 1.79 bits per heavy atom. The Labute approximate surface area is 166 Å². The number of rotatable bonds is 4. The molecule has 4 rings (SSSR count). The van der Waals surface area contributed by atoms with Gasteiger partial charge in [0.25, 0.3) is 0 Å². The van der Waals surface area contributed by atoms with E-state index in [0.29, 0.717) is 26.2 Å². The van der Waals surface area contributed by atoms with E-state index < -0.39 is 21.5 Å². The van der Waals surface area contributed by atoms with Crippen LogP contribution in [0, 0.1) is 5.82 Å². The van der Waals surface area contributed by atoms with Crippen molar-refractivity contribution in [3.8, 4) is 0 Å². The summed E-state index contributed by atoms with van der Waals surface area (Å²) < 4.78 is 38.9. The van der Waals surface area contributed by atoms with Crippen LogP contribution in [0.15, 0.2) is 53.4 Å². The molecule has 1 aliphatic heterocycles. The van der Waals surface area contributed by atoms with E-state index in [2.05, 4.69) is 4.98 Å². The molecule has 1 saturated heterocycles. The summed E-state index contributed by atoms with van der Waals surface area (Å²) in [5, 5.41) is 0.782. The van der Waals surface area contributed by atoms with E-state index in [0.717, 1.165) is 15.3 Å². The fourth-order valence-corrected chi connectivity index (χ4v) is 5.42. The van der Waals surface area contributed by atoms with Gasteiger partial charge in [0.05, 0.1) is 15.1 Å². The molecule has 0 aliphatic carbocycles. The number of carbonyl (C=O) groups excluding carboxylic acids is 1. The van der Waals surface area contributed by atoms with Crippen LogP contribution < -0.4 is 4.90 Å². The normalized spacial score (nSPS) is 15.2. The number of anilines is 1. The Kier molecular flexibility index (Phi) is 5.03. The van der Waals surface area contributed by atoms with E-state index >= 15 is 0 Å². The lowest BCUT2D eigenvalue weighted by atomic mass is 10.3. The van der Waals surface area contributed by atoms with Gasteiger partial charge in [-0.3, -0.25) is 4.79 Å². The molecule has 0 N–H and O–H groups in total. The van der Waals surface area contributed by atoms with Crippen molar-refractivity contribution in [1.82, 2.24) is 9.88 Å². The minimum Gasteiger partial charge on any atom is -0.345 e. The molecule has 1 fully saturated rings. The van der Waals surface area contributed by atoms with E-state index in [1.165, 1.54) is 35.6 Å². The zero-order chi connectivity index (χ0) is 19.7. The lowest BCUT2D eigenvalue weighted by molar-refractivity contribution is -0.128. The summed E-state index contributed by atoms with van der Waals surface area (Å²) in [6, 6.07) is 12.5. The van der Waals surface area contributed by atoms with Crippen molar-refractivity contribution in [2.24, 2.45) is 0 Å². The Hall–Kier alpha value is -2.52. The first-order valence-corrected chi connectivity index (χ1v) is 11.3. The second-order valence-corrected chi connectivity index (χ2v) is 9.55. The lowest BCUT2D eigenvalue weighted by Gasteiger charge is -2.34. The summed E-state index contributed by atoms with van der Waals surface area (Å²) in [5.74, 6) is -1.22. The topological polar surface area (TPSA) is 70.6 Å². The van der Waals surface area contributed by atoms with Crippen LogP contribution >= 0.6 is 11.3 Å². The van der Waals surface area contributed by atoms with Crippen molar-refractivity contribution in [3.05, 3.63) is 54.3 Å². The second-order valence-electron chi connectivity index (χ2n) is 6.55. The summed E-state index contributed by atoms with van der Waals surface area (Å²) in [6.07, 6.45) is 0. The molecule has 0 saturated carbocycles. The molecule has 1 aromatic heterocycles. The van der Waals surface area contributed by atoms with Crippen LogP contribution in [0.25, 0.3) is 10.2 Å². The van der Waals surface area contributed by atoms with E-state index in [-0.39, 0.29) is 10.7 Å². The van der Waals surface area contributed by atoms with Gasteiger partial charge in [0.15, 0.2) is 15.0 Å². The molecule has 28 heavy (non-hydrogen) atoms. The first-order valence-electron chi connectivity index (χ1n) is 8.79. The number of sulfone groups is 1. The molecule has 9 heteroatoms. The summed E-state index contributed by atoms with van der Waals surface area (Å²) in [6.45, 7) is 1.96. The maximum absolute atomic E-state index is 13.4. The fourth-order valence-electron chi connectivity index (χ4n) is 3.13. The molecule has 1 aliphatic rings. The quantitative estimate of drug-likeness (QED) is 0.650. The Bertz CT molecular complexity index is 1110. The smallest absolute Gasteiger partial charge is 0.238 e. The van der Waals surface area contributed by atoms with Crippen molar-refractivity contribution in [2.45, 2.75) is 4.90 Å². The highest BCUT2D eigenvalue weighted by molar-refractivity contribution is 7.92. The van der Waals surface area contributed by atoms with E-state index in [1.54, 1.807) is 29.2 Å². The largest absolute Gasteiger partial charge is 0.345 e. The Morgan fingerprint density at radius 1 is 1.07 bits per heavy atom. The highest BCUT2D eigenvalue weighted by Gasteiger charge is 2.27. The lowest BCUT2D eigenvalue weighted by Crippen LogP contribution is -2.50. The highest BCUT2D eigenvalue weighted by atomic mass is 32.2. The van der Waals surface area contributed by atoms with Crippen molar-refractivity contribution >= 4 is 42.4 Å². The summed E-state index contributed by atoms with van der Waals surface area (Å²) in [7, 11) is -3.65. The minimum atomic E-state index is -3.65. The molecule has 0 bridgehead atoms. The molecule has 0 atom stereocenters. The average molecular weight is 420 g/mol. The molecule has 0 radical (unpaired) electrons. The number of halogens is 1. The number of hydrogen-bond donors (Lipinski definition) is 0. The Morgan fingerprint density at radius 3 is 2.50 bits per heavy atom. The van der Waals surface area contributed by atoms with Crippen molar-refractivity contribution < 1.29 is 17.6 Å². The van der Waals surface area contributed by atoms with Crippen LogP contribution in [0.3, 0.4) is 0 Å². The third-order valence-electron chi connectivity index (χ3n) is 4.66. The maximum atomic E-state index is 13.4. The van der Waals surface area contributed by atoms with Gasteiger partial charge in [-0.2, -0.15) is 0 Å². The number of hydrogen-bond acceptors (Lipinski definition) is 6. The predicted octanol–water partition coefficient (Wildman–Crippen LogP) is 2.56. The number of amides is 1. The zero-order valence-electron chi connectivity index (χ0n) is 14.9. The SMILES string of the molecule is O=C(CS(=O)(=O)c1ccccc1)N1CCN(c2nc3ccc(F)cc3s2)CC1. The first kappa shape index (κ1) is 18.8. The third-order valence-corrected chi connectivity index (χ3v) is 7.35. The molecule has 3 aromatic rings. The van der Waals surface area contributed by atoms with Crippen molar-refractivity contribution in [2.75, 3.05) is 36.8 Å². The van der Waals surface area contributed by atoms with Crippen molar-refractivity contribution in [3.63, 3.8) is 0 Å². The molecule has 0 spiro atoms. The van der Waals surface area contributed by atoms with Crippen LogP contribution in [0.2, 0.25) is 0 Å². The second kappa shape index (κ2) is 7.48. The molecule has 2 aromatic carbocycles. The molecule has 6 nitrogen and oxygen atoms in total. The third kappa shape index (κ3) is 3.85. The van der Waals surface area contributed by atoms with Gasteiger partial charge < -0.3 is 9.80 Å². The van der Waals surface area contributed by atoms with Crippen LogP contribution in [-0.4, -0.2) is 56.1 Å². The monoisotopic (exact) mass is 419 g/mol. The first-order chi connectivity index (χ1) is 13.4. The predicted molar refractivity (Wildman–Crippen MR) is 107 cm³/mol. The standard InChI is InChI=1S/C19H18FN3O3S2/c20-14-6-7-16-17(12-14)27-19(21-16)23-10-8-22(9-11-23)18(24)13-28(25,26)15-4-2-1-3-5-15/h1-7,12H,8-11,13H2. The van der Waals surface area contributed by atoms with Crippen LogP contribution in [0.1, 0.15) is 0 Å². The molecular weight excluding hydrogens is 401 g/mol. The zero-order valence-corrected chi connectivity index (χ0v) is 16.5. The van der Waals surface area contributed by atoms with E-state index in [1.807, 2.05) is 4.90 Å². The van der Waals surface area contributed by atoms with E-state index in [9.17, 15) is 17.6 Å². The maximum Gasteiger partial charge on any atom is 0.238 e. The summed E-state index contributed by atoms with van der Waals surface area (Å²) in [4.78, 5) is 20.8. The summed E-state index contributed by atoms with van der Waals surface area (Å²) in [5.41, 5.74) is 0.744. The summed E-state index contributed by atoms with van der Waals surface area (Å²) >= 11 is 1.41. The van der Waals surface area contributed by atoms with Gasteiger partial charge in [0.1, 0.15) is 11.6 Å². The fraction of sp³-hybridized carbons (Fsp3) is 0.263. The number of fused-ring (bicyclic) bond motifs is 1. The van der Waals surface area contributed by atoms with Crippen LogP contribution in [0.4, 0.5) is 9.52 Å². The number of piperazine rings is 1. The van der Waals surface area contributed by atoms with Gasteiger partial charge in [0.2, 0.25) is 5.91 Å². The van der Waals surface area contributed by atoms with Gasteiger partial charge in [-0.15, -0.1) is 0 Å². The van der Waals surface area contributed by atoms with Gasteiger partial charge in [0, 0.05) is 26.2 Å². The van der Waals surface area contributed by atoms with Gasteiger partial charge in [-0.25, -0.2) is 17.8 Å². The molecule has 2 heterocycles. The number of carbonyl (C=O) groups is 1. The average Bonchev–Trinajstić information content (AvgIpc) is 3.11. The molecule has 1 amide bonds. The van der Waals surface area contributed by atoms with Crippen LogP contribution in [0.5, 0.6) is 0 Å². The van der Waals surface area contributed by atoms with Crippen LogP contribution in [-0.2, 0) is 14.6 Å². The minimum absolute atomic E-state index is 0.156.